The summed E-state index contributed by atoms with van der Waals surface area (Å²) >= 11 is 1.31. The molecule has 0 fully saturated rings. The van der Waals surface area contributed by atoms with Crippen LogP contribution in [0.5, 0.6) is 5.75 Å². The summed E-state index contributed by atoms with van der Waals surface area (Å²) in [6.07, 6.45) is 3.33. The molecule has 0 aliphatic heterocycles. The molecule has 6 heteroatoms. The first-order valence-corrected chi connectivity index (χ1v) is 9.13. The molecule has 132 valence electrons. The molecule has 0 saturated carbocycles. The van der Waals surface area contributed by atoms with E-state index in [0.717, 1.165) is 16.9 Å². The maximum absolute atomic E-state index is 12.5. The van der Waals surface area contributed by atoms with Crippen LogP contribution in [0, 0.1) is 0 Å². The van der Waals surface area contributed by atoms with Crippen molar-refractivity contribution in [2.75, 3.05) is 12.9 Å². The average molecular weight is 365 g/mol. The minimum absolute atomic E-state index is 0.0767. The van der Waals surface area contributed by atoms with Crippen molar-refractivity contribution in [3.8, 4) is 5.75 Å². The van der Waals surface area contributed by atoms with Gasteiger partial charge in [-0.1, -0.05) is 54.2 Å². The topological polar surface area (TPSA) is 64.1 Å². The van der Waals surface area contributed by atoms with Gasteiger partial charge in [0.05, 0.1) is 18.9 Å². The van der Waals surface area contributed by atoms with Gasteiger partial charge in [-0.3, -0.25) is 4.79 Å². The lowest BCUT2D eigenvalue weighted by molar-refractivity contribution is -0.119. The van der Waals surface area contributed by atoms with Crippen molar-refractivity contribution in [3.63, 3.8) is 0 Å². The number of thioether (sulfide) groups is 1. The molecule has 0 aliphatic rings. The highest BCUT2D eigenvalue weighted by Gasteiger charge is 2.17. The van der Waals surface area contributed by atoms with Crippen LogP contribution in [0.2, 0.25) is 0 Å². The van der Waals surface area contributed by atoms with Gasteiger partial charge in [0.2, 0.25) is 5.91 Å². The Bertz CT molecular complexity index is 827. The fourth-order valence-electron chi connectivity index (χ4n) is 2.49. The predicted molar refractivity (Wildman–Crippen MR) is 102 cm³/mol. The van der Waals surface area contributed by atoms with Crippen LogP contribution in [0.15, 0.2) is 78.2 Å². The van der Waals surface area contributed by atoms with Gasteiger partial charge < -0.3 is 10.1 Å². The van der Waals surface area contributed by atoms with Crippen LogP contribution in [-0.4, -0.2) is 28.7 Å². The lowest BCUT2D eigenvalue weighted by atomic mass is 9.98. The van der Waals surface area contributed by atoms with Crippen molar-refractivity contribution in [2.24, 2.45) is 0 Å². The number of carbonyl (C=O) groups is 1. The monoisotopic (exact) mass is 365 g/mol. The molecule has 1 aromatic heterocycles. The van der Waals surface area contributed by atoms with Crippen molar-refractivity contribution >= 4 is 17.7 Å². The molecule has 0 radical (unpaired) electrons. The first-order chi connectivity index (χ1) is 12.8. The normalized spacial score (nSPS) is 11.6. The number of benzene rings is 2. The quantitative estimate of drug-likeness (QED) is 0.513. The molecule has 0 bridgehead atoms. The van der Waals surface area contributed by atoms with Crippen molar-refractivity contribution < 1.29 is 9.53 Å². The lowest BCUT2D eigenvalue weighted by Crippen LogP contribution is -2.30. The highest BCUT2D eigenvalue weighted by Crippen LogP contribution is 2.24. The van der Waals surface area contributed by atoms with Crippen molar-refractivity contribution in [2.45, 2.75) is 11.2 Å². The Kier molecular flexibility index (Phi) is 6.22. The summed E-state index contributed by atoms with van der Waals surface area (Å²) < 4.78 is 5.22. The molecule has 1 amide bonds. The third-order valence-corrected chi connectivity index (χ3v) is 4.64. The number of hydrogen-bond acceptors (Lipinski definition) is 5. The van der Waals surface area contributed by atoms with E-state index in [4.69, 9.17) is 4.74 Å². The molecule has 3 aromatic rings. The van der Waals surface area contributed by atoms with Gasteiger partial charge in [0.15, 0.2) is 5.16 Å². The van der Waals surface area contributed by atoms with Crippen LogP contribution >= 0.6 is 11.8 Å². The van der Waals surface area contributed by atoms with Gasteiger partial charge >= 0.3 is 0 Å². The van der Waals surface area contributed by atoms with Gasteiger partial charge in [-0.05, 0) is 29.3 Å². The summed E-state index contributed by atoms with van der Waals surface area (Å²) in [5.41, 5.74) is 2.01. The standard InChI is InChI=1S/C20H19N3O2S/c1-25-17-10-8-16(9-11-17)19(15-6-3-2-4-7-15)23-18(24)14-26-20-21-12-5-13-22-20/h2-13,19H,14H2,1H3,(H,23,24)/t19-/m1/s1. The second-order valence-electron chi connectivity index (χ2n) is 5.50. The van der Waals surface area contributed by atoms with Crippen LogP contribution in [0.25, 0.3) is 0 Å². The largest absolute Gasteiger partial charge is 0.497 e. The van der Waals surface area contributed by atoms with Crippen LogP contribution in [-0.2, 0) is 4.79 Å². The summed E-state index contributed by atoms with van der Waals surface area (Å²) in [4.78, 5) is 20.7. The maximum Gasteiger partial charge on any atom is 0.231 e. The van der Waals surface area contributed by atoms with E-state index in [1.54, 1.807) is 25.6 Å². The molecule has 1 N–H and O–H groups in total. The summed E-state index contributed by atoms with van der Waals surface area (Å²) in [6, 6.07) is 19.1. The lowest BCUT2D eigenvalue weighted by Gasteiger charge is -2.20. The van der Waals surface area contributed by atoms with E-state index in [0.29, 0.717) is 5.16 Å². The Morgan fingerprint density at radius 3 is 2.31 bits per heavy atom. The highest BCUT2D eigenvalue weighted by atomic mass is 32.2. The number of nitrogens with one attached hydrogen (secondary N) is 1. The summed E-state index contributed by atoms with van der Waals surface area (Å²) in [5, 5.41) is 3.69. The van der Waals surface area contributed by atoms with E-state index < -0.39 is 0 Å². The third kappa shape index (κ3) is 4.83. The SMILES string of the molecule is COc1ccc([C@H](NC(=O)CSc2ncccn2)c2ccccc2)cc1. The second kappa shape index (κ2) is 9.01. The van der Waals surface area contributed by atoms with E-state index in [9.17, 15) is 4.79 Å². The number of carbonyl (C=O) groups excluding carboxylic acids is 1. The molecule has 1 heterocycles. The molecule has 0 unspecified atom stereocenters. The molecule has 0 spiro atoms. The number of nitrogens with zero attached hydrogens (tertiary/aromatic N) is 2. The van der Waals surface area contributed by atoms with E-state index in [1.807, 2.05) is 54.6 Å². The Morgan fingerprint density at radius 2 is 1.65 bits per heavy atom. The maximum atomic E-state index is 12.5. The van der Waals surface area contributed by atoms with E-state index in [1.165, 1.54) is 11.8 Å². The molecular weight excluding hydrogens is 346 g/mol. The summed E-state index contributed by atoms with van der Waals surface area (Å²) in [5.74, 6) is 0.958. The molecule has 0 aliphatic carbocycles. The average Bonchev–Trinajstić information content (AvgIpc) is 2.72. The van der Waals surface area contributed by atoms with E-state index in [2.05, 4.69) is 15.3 Å². The number of hydrogen-bond donors (Lipinski definition) is 1. The molecule has 5 nitrogen and oxygen atoms in total. The molecule has 1 atom stereocenters. The van der Waals surface area contributed by atoms with Gasteiger partial charge in [0.25, 0.3) is 0 Å². The van der Waals surface area contributed by atoms with Crippen LogP contribution < -0.4 is 10.1 Å². The number of methoxy groups -OCH3 is 1. The van der Waals surface area contributed by atoms with Crippen molar-refractivity contribution in [1.29, 1.82) is 0 Å². The minimum Gasteiger partial charge on any atom is -0.497 e. The third-order valence-electron chi connectivity index (χ3n) is 3.76. The van der Waals surface area contributed by atoms with Crippen LogP contribution in [0.4, 0.5) is 0 Å². The van der Waals surface area contributed by atoms with Crippen molar-refractivity contribution in [3.05, 3.63) is 84.2 Å². The van der Waals surface area contributed by atoms with E-state index in [-0.39, 0.29) is 17.7 Å². The number of rotatable bonds is 7. The molecule has 0 saturated heterocycles. The predicted octanol–water partition coefficient (Wildman–Crippen LogP) is 3.48. The van der Waals surface area contributed by atoms with Gasteiger partial charge in [0, 0.05) is 12.4 Å². The zero-order chi connectivity index (χ0) is 18.2. The Hall–Kier alpha value is -2.86. The number of amides is 1. The first kappa shape index (κ1) is 17.9. The Labute approximate surface area is 156 Å². The second-order valence-corrected chi connectivity index (χ2v) is 6.45. The number of aromatic nitrogens is 2. The summed E-state index contributed by atoms with van der Waals surface area (Å²) in [6.45, 7) is 0. The van der Waals surface area contributed by atoms with Gasteiger partial charge in [-0.15, -0.1) is 0 Å². The fourth-order valence-corrected chi connectivity index (χ4v) is 3.11. The van der Waals surface area contributed by atoms with Gasteiger partial charge in [-0.25, -0.2) is 9.97 Å². The fraction of sp³-hybridized carbons (Fsp3) is 0.150. The Morgan fingerprint density at radius 1 is 1.00 bits per heavy atom. The van der Waals surface area contributed by atoms with E-state index >= 15 is 0 Å². The van der Waals surface area contributed by atoms with Gasteiger partial charge in [-0.2, -0.15) is 0 Å². The van der Waals surface area contributed by atoms with Gasteiger partial charge in [0.1, 0.15) is 5.75 Å². The zero-order valence-corrected chi connectivity index (χ0v) is 15.1. The zero-order valence-electron chi connectivity index (χ0n) is 14.3. The minimum atomic E-state index is -0.230. The first-order valence-electron chi connectivity index (χ1n) is 8.14. The summed E-state index contributed by atoms with van der Waals surface area (Å²) in [7, 11) is 1.63. The van der Waals surface area contributed by atoms with Crippen LogP contribution in [0.3, 0.4) is 0 Å². The van der Waals surface area contributed by atoms with Crippen molar-refractivity contribution in [1.82, 2.24) is 15.3 Å². The highest BCUT2D eigenvalue weighted by molar-refractivity contribution is 7.99. The molecule has 3 rings (SSSR count). The molecule has 2 aromatic carbocycles. The van der Waals surface area contributed by atoms with Crippen LogP contribution in [0.1, 0.15) is 17.2 Å². The molecular formula is C20H19N3O2S. The Balaban J connectivity index is 1.74. The smallest absolute Gasteiger partial charge is 0.231 e. The molecule has 26 heavy (non-hydrogen) atoms. The number of ether oxygens (including phenoxy) is 1.